The second-order valence-electron chi connectivity index (χ2n) is 9.23. The summed E-state index contributed by atoms with van der Waals surface area (Å²) in [5.74, 6) is 0.635. The van der Waals surface area contributed by atoms with Gasteiger partial charge < -0.3 is 15.1 Å². The smallest absolute Gasteiger partial charge is 0.226 e. The van der Waals surface area contributed by atoms with Gasteiger partial charge in [-0.2, -0.15) is 0 Å². The lowest BCUT2D eigenvalue weighted by Crippen LogP contribution is -2.56. The second kappa shape index (κ2) is 9.59. The van der Waals surface area contributed by atoms with E-state index in [-0.39, 0.29) is 11.4 Å². The predicted molar refractivity (Wildman–Crippen MR) is 132 cm³/mol. The van der Waals surface area contributed by atoms with Gasteiger partial charge in [0.1, 0.15) is 0 Å². The fourth-order valence-corrected chi connectivity index (χ4v) is 4.86. The summed E-state index contributed by atoms with van der Waals surface area (Å²) >= 11 is 0. The van der Waals surface area contributed by atoms with Crippen LogP contribution >= 0.6 is 0 Å². The Labute approximate surface area is 188 Å². The van der Waals surface area contributed by atoms with E-state index in [1.165, 1.54) is 22.5 Å². The van der Waals surface area contributed by atoms with Crippen LogP contribution in [0.25, 0.3) is 0 Å². The zero-order valence-electron chi connectivity index (χ0n) is 19.6. The van der Waals surface area contributed by atoms with E-state index < -0.39 is 0 Å². The van der Waals surface area contributed by atoms with E-state index in [4.69, 9.17) is 0 Å². The SMILES string of the molecule is C=C/C=C1\N(C)c2ccc(C)cc2NC12CCN(C(=O)C/C=C/C(C)CC(=C)C)CC2. The van der Waals surface area contributed by atoms with Crippen LogP contribution in [0.2, 0.25) is 0 Å². The minimum absolute atomic E-state index is 0.174. The zero-order valence-corrected chi connectivity index (χ0v) is 19.6. The van der Waals surface area contributed by atoms with Crippen LogP contribution in [0.15, 0.2) is 66.9 Å². The van der Waals surface area contributed by atoms with E-state index in [9.17, 15) is 4.79 Å². The number of allylic oxidation sites excluding steroid dienone is 4. The van der Waals surface area contributed by atoms with Crippen LogP contribution in [0.3, 0.4) is 0 Å². The third kappa shape index (κ3) is 5.12. The molecule has 1 spiro atoms. The number of aryl methyl sites for hydroxylation is 1. The molecule has 0 saturated carbocycles. The molecule has 0 bridgehead atoms. The summed E-state index contributed by atoms with van der Waals surface area (Å²) in [5.41, 5.74) is 5.81. The van der Waals surface area contributed by atoms with Gasteiger partial charge in [0.2, 0.25) is 5.91 Å². The molecule has 2 aliphatic rings. The molecule has 1 saturated heterocycles. The fraction of sp³-hybridized carbons (Fsp3) is 0.444. The fourth-order valence-electron chi connectivity index (χ4n) is 4.86. The molecule has 4 nitrogen and oxygen atoms in total. The Balaban J connectivity index is 1.69. The number of benzene rings is 1. The topological polar surface area (TPSA) is 35.6 Å². The van der Waals surface area contributed by atoms with Crippen molar-refractivity contribution < 1.29 is 4.79 Å². The van der Waals surface area contributed by atoms with Crippen molar-refractivity contribution >= 4 is 17.3 Å². The molecule has 1 aromatic carbocycles. The molecule has 0 radical (unpaired) electrons. The normalized spacial score (nSPS) is 19.9. The minimum atomic E-state index is -0.174. The lowest BCUT2D eigenvalue weighted by molar-refractivity contribution is -0.131. The van der Waals surface area contributed by atoms with Gasteiger partial charge in [-0.1, -0.05) is 43.4 Å². The van der Waals surface area contributed by atoms with E-state index in [1.807, 2.05) is 24.0 Å². The number of nitrogens with zero attached hydrogens (tertiary/aromatic N) is 2. The lowest BCUT2D eigenvalue weighted by Gasteiger charge is -2.50. The average molecular weight is 420 g/mol. The summed E-state index contributed by atoms with van der Waals surface area (Å²) in [7, 11) is 2.13. The highest BCUT2D eigenvalue weighted by molar-refractivity contribution is 5.80. The van der Waals surface area contributed by atoms with Crippen molar-refractivity contribution in [3.63, 3.8) is 0 Å². The Morgan fingerprint density at radius 1 is 1.32 bits per heavy atom. The van der Waals surface area contributed by atoms with Gasteiger partial charge in [-0.15, -0.1) is 6.58 Å². The molecule has 2 heterocycles. The minimum Gasteiger partial charge on any atom is -0.372 e. The molecule has 2 aliphatic heterocycles. The Bertz CT molecular complexity index is 903. The van der Waals surface area contributed by atoms with Gasteiger partial charge in [0.05, 0.1) is 16.9 Å². The van der Waals surface area contributed by atoms with Gasteiger partial charge in [-0.05, 0) is 62.8 Å². The van der Waals surface area contributed by atoms with Crippen molar-refractivity contribution in [2.75, 3.05) is 30.4 Å². The highest BCUT2D eigenvalue weighted by Gasteiger charge is 2.43. The van der Waals surface area contributed by atoms with Crippen LogP contribution in [0, 0.1) is 12.8 Å². The van der Waals surface area contributed by atoms with Crippen molar-refractivity contribution in [2.24, 2.45) is 5.92 Å². The first-order valence-corrected chi connectivity index (χ1v) is 11.3. The molecule has 31 heavy (non-hydrogen) atoms. The first-order valence-electron chi connectivity index (χ1n) is 11.3. The number of piperidine rings is 1. The Hall–Kier alpha value is -2.75. The third-order valence-corrected chi connectivity index (χ3v) is 6.41. The van der Waals surface area contributed by atoms with E-state index in [2.05, 4.69) is 74.6 Å². The number of carbonyl (C=O) groups is 1. The highest BCUT2D eigenvalue weighted by Crippen LogP contribution is 2.44. The van der Waals surface area contributed by atoms with E-state index in [0.717, 1.165) is 38.0 Å². The Morgan fingerprint density at radius 3 is 2.68 bits per heavy atom. The van der Waals surface area contributed by atoms with Crippen molar-refractivity contribution in [3.8, 4) is 0 Å². The predicted octanol–water partition coefficient (Wildman–Crippen LogP) is 5.84. The van der Waals surface area contributed by atoms with Crippen LogP contribution in [0.5, 0.6) is 0 Å². The maximum absolute atomic E-state index is 12.8. The van der Waals surface area contributed by atoms with Crippen molar-refractivity contribution in [3.05, 3.63) is 72.5 Å². The first-order chi connectivity index (χ1) is 14.8. The molecule has 1 aromatic rings. The van der Waals surface area contributed by atoms with Gasteiger partial charge in [0.15, 0.2) is 0 Å². The number of rotatable bonds is 6. The summed E-state index contributed by atoms with van der Waals surface area (Å²) in [5, 5.41) is 3.84. The Kier molecular flexibility index (Phi) is 7.09. The standard InChI is InChI=1S/C27H37N3O/c1-7-9-25-27(28-23-19-22(5)12-13-24(23)29(25)6)14-16-30(17-15-27)26(31)11-8-10-21(4)18-20(2)3/h7-10,12-13,19,21,28H,1-2,11,14-18H2,3-6H3/b10-8+,25-9-. The van der Waals surface area contributed by atoms with Gasteiger partial charge in [-0.25, -0.2) is 0 Å². The van der Waals surface area contributed by atoms with Crippen molar-refractivity contribution in [2.45, 2.75) is 52.0 Å². The molecule has 1 unspecified atom stereocenters. The Morgan fingerprint density at radius 2 is 2.03 bits per heavy atom. The molecule has 0 aromatic heterocycles. The molecule has 1 amide bonds. The summed E-state index contributed by atoms with van der Waals surface area (Å²) < 4.78 is 0. The summed E-state index contributed by atoms with van der Waals surface area (Å²) in [4.78, 5) is 17.1. The maximum atomic E-state index is 12.8. The van der Waals surface area contributed by atoms with Gasteiger partial charge in [0.25, 0.3) is 0 Å². The molecular weight excluding hydrogens is 382 g/mol. The third-order valence-electron chi connectivity index (χ3n) is 6.41. The number of hydrogen-bond donors (Lipinski definition) is 1. The molecule has 1 fully saturated rings. The van der Waals surface area contributed by atoms with E-state index in [1.54, 1.807) is 0 Å². The maximum Gasteiger partial charge on any atom is 0.226 e. The van der Waals surface area contributed by atoms with E-state index in [0.29, 0.717) is 12.3 Å². The number of nitrogens with one attached hydrogen (secondary N) is 1. The lowest BCUT2D eigenvalue weighted by atomic mass is 9.80. The van der Waals surface area contributed by atoms with Crippen molar-refractivity contribution in [1.29, 1.82) is 0 Å². The number of anilines is 2. The molecule has 3 rings (SSSR count). The second-order valence-corrected chi connectivity index (χ2v) is 9.23. The highest BCUT2D eigenvalue weighted by atomic mass is 16.2. The van der Waals surface area contributed by atoms with Gasteiger partial charge >= 0.3 is 0 Å². The van der Waals surface area contributed by atoms with Gasteiger partial charge in [-0.3, -0.25) is 4.79 Å². The van der Waals surface area contributed by atoms with Crippen LogP contribution in [-0.4, -0.2) is 36.5 Å². The summed E-state index contributed by atoms with van der Waals surface area (Å²) in [6.45, 7) is 15.7. The number of carbonyl (C=O) groups excluding carboxylic acids is 1. The first kappa shape index (κ1) is 22.9. The zero-order chi connectivity index (χ0) is 22.6. The summed E-state index contributed by atoms with van der Waals surface area (Å²) in [6.07, 6.45) is 11.3. The quantitative estimate of drug-likeness (QED) is 0.589. The average Bonchev–Trinajstić information content (AvgIpc) is 2.71. The van der Waals surface area contributed by atoms with Crippen LogP contribution in [-0.2, 0) is 4.79 Å². The number of amides is 1. The van der Waals surface area contributed by atoms with Crippen LogP contribution < -0.4 is 10.2 Å². The van der Waals surface area contributed by atoms with Crippen LogP contribution in [0.4, 0.5) is 11.4 Å². The van der Waals surface area contributed by atoms with Gasteiger partial charge in [0, 0.05) is 32.3 Å². The monoisotopic (exact) mass is 419 g/mol. The molecule has 1 atom stereocenters. The van der Waals surface area contributed by atoms with E-state index >= 15 is 0 Å². The molecule has 4 heteroatoms. The summed E-state index contributed by atoms with van der Waals surface area (Å²) in [6, 6.07) is 6.53. The van der Waals surface area contributed by atoms with Crippen LogP contribution in [0.1, 0.15) is 45.1 Å². The molecular formula is C27H37N3O. The largest absolute Gasteiger partial charge is 0.372 e. The molecule has 166 valence electrons. The molecule has 1 N–H and O–H groups in total. The number of hydrogen-bond acceptors (Lipinski definition) is 3. The van der Waals surface area contributed by atoms with Crippen molar-refractivity contribution in [1.82, 2.24) is 4.90 Å². The molecule has 0 aliphatic carbocycles. The number of likely N-dealkylation sites (N-methyl/N-ethyl adjacent to an activating group) is 1. The number of likely N-dealkylation sites (tertiary alicyclic amines) is 1. The number of fused-ring (bicyclic) bond motifs is 1.